The molecule has 4 heterocycles. The van der Waals surface area contributed by atoms with Gasteiger partial charge in [0.1, 0.15) is 11.4 Å². The van der Waals surface area contributed by atoms with Gasteiger partial charge < -0.3 is 19.4 Å². The fraction of sp³-hybridized carbons (Fsp3) is 0.150. The predicted octanol–water partition coefficient (Wildman–Crippen LogP) is 14.5. The molecule has 4 aromatic heterocycles. The van der Waals surface area contributed by atoms with Crippen LogP contribution in [-0.4, -0.2) is 15.0 Å². The average Bonchev–Trinajstić information content (AvgIpc) is 2.78. The van der Waals surface area contributed by atoms with Gasteiger partial charge in [-0.2, -0.15) is 0 Å². The molecule has 0 fully saturated rings. The van der Waals surface area contributed by atoms with Crippen LogP contribution in [0.15, 0.2) is 175 Å². The maximum Gasteiger partial charge on any atom is 3.00 e. The Bertz CT molecular complexity index is 3990. The van der Waals surface area contributed by atoms with Crippen LogP contribution in [0.3, 0.4) is 0 Å². The molecular formula is C60H47FIrN3O. The molecular weight excluding hydrogens is 990 g/mol. The first-order chi connectivity index (χ1) is 38.8. The molecule has 324 valence electrons. The summed E-state index contributed by atoms with van der Waals surface area (Å²) < 4.78 is 187. The Hall–Kier alpha value is -6.85. The van der Waals surface area contributed by atoms with Gasteiger partial charge in [-0.05, 0) is 112 Å². The summed E-state index contributed by atoms with van der Waals surface area (Å²) in [5.41, 5.74) is -2.02. The van der Waals surface area contributed by atoms with E-state index >= 15 is 4.39 Å². The van der Waals surface area contributed by atoms with Crippen molar-refractivity contribution in [2.75, 3.05) is 0 Å². The minimum Gasteiger partial charge on any atom is -0.500 e. The number of aromatic nitrogens is 3. The molecule has 0 atom stereocenters. The van der Waals surface area contributed by atoms with E-state index in [9.17, 15) is 16.4 Å². The Morgan fingerprint density at radius 3 is 1.56 bits per heavy atom. The topological polar surface area (TPSA) is 51.8 Å². The van der Waals surface area contributed by atoms with Crippen molar-refractivity contribution < 1.29 is 53.6 Å². The monoisotopic (exact) mass is 1060 g/mol. The van der Waals surface area contributed by atoms with E-state index in [4.69, 9.17) is 12.6 Å². The quantitative estimate of drug-likeness (QED) is 0.102. The summed E-state index contributed by atoms with van der Waals surface area (Å²) in [6.45, 7) is 2.85. The zero-order chi connectivity index (χ0) is 60.1. The molecule has 0 unspecified atom stereocenters. The molecule has 10 rings (SSSR count). The third kappa shape index (κ3) is 9.72. The summed E-state index contributed by atoms with van der Waals surface area (Å²) in [6, 6.07) is 34.6. The first-order valence-corrected chi connectivity index (χ1v) is 20.5. The van der Waals surface area contributed by atoms with E-state index in [1.165, 1.54) is 62.4 Å². The number of furan rings is 1. The van der Waals surface area contributed by atoms with Crippen LogP contribution in [0.2, 0.25) is 0 Å². The van der Waals surface area contributed by atoms with E-state index in [2.05, 4.69) is 33.2 Å². The van der Waals surface area contributed by atoms with Crippen molar-refractivity contribution in [2.24, 2.45) is 0 Å². The molecule has 0 saturated heterocycles. The van der Waals surface area contributed by atoms with Gasteiger partial charge in [0.05, 0.1) is 18.0 Å². The smallest absolute Gasteiger partial charge is 0.500 e. The number of pyridine rings is 3. The first-order valence-electron chi connectivity index (χ1n) is 29.5. The number of halogens is 1. The maximum absolute atomic E-state index is 16.9. The number of aryl methyl sites for hydroxylation is 6. The van der Waals surface area contributed by atoms with Crippen LogP contribution in [0.25, 0.3) is 66.8 Å². The molecule has 6 heteroatoms. The van der Waals surface area contributed by atoms with Gasteiger partial charge in [0.15, 0.2) is 0 Å². The molecule has 0 amide bonds. The molecule has 4 nitrogen and oxygen atoms in total. The average molecular weight is 1060 g/mol. The Labute approximate surface area is 425 Å². The van der Waals surface area contributed by atoms with Crippen molar-refractivity contribution in [3.63, 3.8) is 0 Å². The molecule has 0 aliphatic heterocycles. The summed E-state index contributed by atoms with van der Waals surface area (Å²) >= 11 is 0. The Balaban J connectivity index is 0.00000846. The van der Waals surface area contributed by atoms with E-state index < -0.39 is 108 Å². The van der Waals surface area contributed by atoms with Crippen molar-refractivity contribution in [1.82, 2.24) is 15.0 Å². The van der Waals surface area contributed by atoms with Crippen molar-refractivity contribution >= 4 is 21.9 Å². The van der Waals surface area contributed by atoms with E-state index in [0.29, 0.717) is 27.9 Å². The van der Waals surface area contributed by atoms with Gasteiger partial charge in [-0.1, -0.05) is 110 Å². The molecule has 0 spiro atoms. The number of hydrogen-bond donors (Lipinski definition) is 0. The van der Waals surface area contributed by atoms with Gasteiger partial charge in [0, 0.05) is 41.8 Å². The summed E-state index contributed by atoms with van der Waals surface area (Å²) in [5.74, 6) is -2.65. The SMILES string of the molecule is [2H]c1c([2H])c([2H])c(-c2c(F)c(C([2H])(C)C)cc3c2oc2c(-c4ccc(C([2H])([2H])C([2H])([2H])c5cc(C([2H])([2H])C([2H])([2H])c6ccc(-c7[c-]cccc7)nc6)cc(C([2H])([2H])C([2H])([2H])c6ccc(-c7[c-]cccc7)nc6)c5)cn4)[c-]ccc23)c([2H])c1[2H].[Ir+3]. The molecule has 0 N–H and O–H groups in total. The second-order valence-corrected chi connectivity index (χ2v) is 15.1. The van der Waals surface area contributed by atoms with E-state index in [-0.39, 0.29) is 70.2 Å². The maximum atomic E-state index is 16.9. The summed E-state index contributed by atoms with van der Waals surface area (Å²) in [5, 5.41) is 0.548. The second kappa shape index (κ2) is 20.1. The van der Waals surface area contributed by atoms with E-state index in [1.54, 1.807) is 54.6 Å². The predicted molar refractivity (Wildman–Crippen MR) is 261 cm³/mol. The number of hydrogen-bond acceptors (Lipinski definition) is 4. The van der Waals surface area contributed by atoms with Crippen molar-refractivity contribution in [2.45, 2.75) is 58.0 Å². The number of benzene rings is 6. The fourth-order valence-electron chi connectivity index (χ4n) is 7.26. The molecule has 6 aromatic carbocycles. The molecule has 0 aliphatic rings. The Morgan fingerprint density at radius 1 is 0.576 bits per heavy atom. The molecule has 0 radical (unpaired) electrons. The second-order valence-electron chi connectivity index (χ2n) is 15.1. The zero-order valence-corrected chi connectivity index (χ0v) is 37.6. The fourth-order valence-corrected chi connectivity index (χ4v) is 7.26. The van der Waals surface area contributed by atoms with Gasteiger partial charge in [0.2, 0.25) is 0 Å². The number of fused-ring (bicyclic) bond motifs is 3. The van der Waals surface area contributed by atoms with E-state index in [1.807, 2.05) is 0 Å². The summed E-state index contributed by atoms with van der Waals surface area (Å²) in [7, 11) is 0. The largest absolute Gasteiger partial charge is 3.00 e. The molecule has 10 aromatic rings. The van der Waals surface area contributed by atoms with Crippen molar-refractivity contribution in [3.8, 4) is 44.9 Å². The van der Waals surface area contributed by atoms with E-state index in [0.717, 1.165) is 36.8 Å². The van der Waals surface area contributed by atoms with Crippen LogP contribution in [-0.2, 0) is 58.3 Å². The van der Waals surface area contributed by atoms with Gasteiger partial charge in [-0.3, -0.25) is 0 Å². The standard InChI is InChI=1S/C60H47FN3O.Ir/c1-40(2)52-36-53-50-19-12-20-51(59(50)65-60(53)57(58(52)61)49-17-10-5-11-18-49)56-32-29-43(39-64-56)23-26-46-34-44(24-21-41-27-30-54(62-37-41)47-13-6-3-7-14-47)33-45(35-46)25-22-42-28-31-55(63-38-42)48-15-8-4-9-16-48;/h3-13,15,17-19,27-40H,21-26H2,1-2H3;/q-3;+3/i5D,10D,11D,17D,18D,21D2,22D2,23D2,24D2,25D2,26D2,40D;. The van der Waals surface area contributed by atoms with Crippen LogP contribution in [0.4, 0.5) is 4.39 Å². The Kier molecular flexibility index (Phi) is 8.41. The van der Waals surface area contributed by atoms with Gasteiger partial charge in [0.25, 0.3) is 0 Å². The number of rotatable bonds is 14. The van der Waals surface area contributed by atoms with Gasteiger partial charge in [-0.25, -0.2) is 4.39 Å². The third-order valence-electron chi connectivity index (χ3n) is 10.5. The Morgan fingerprint density at radius 2 is 1.09 bits per heavy atom. The van der Waals surface area contributed by atoms with Crippen molar-refractivity contribution in [3.05, 3.63) is 233 Å². The minimum atomic E-state index is -3.25. The van der Waals surface area contributed by atoms with Gasteiger partial charge in [-0.15, -0.1) is 90.0 Å². The molecule has 66 heavy (non-hydrogen) atoms. The minimum absolute atomic E-state index is 0. The normalized spacial score (nSPS) is 16.8. The van der Waals surface area contributed by atoms with Crippen LogP contribution in [0.1, 0.15) is 83.4 Å². The zero-order valence-electron chi connectivity index (χ0n) is 53.2. The van der Waals surface area contributed by atoms with Crippen LogP contribution in [0, 0.1) is 24.0 Å². The third-order valence-corrected chi connectivity index (χ3v) is 10.5. The first kappa shape index (κ1) is 27.6. The molecule has 0 bridgehead atoms. The van der Waals surface area contributed by atoms with Crippen LogP contribution >= 0.6 is 0 Å². The van der Waals surface area contributed by atoms with Crippen LogP contribution < -0.4 is 0 Å². The molecule has 0 saturated carbocycles. The van der Waals surface area contributed by atoms with Crippen LogP contribution in [0.5, 0.6) is 0 Å². The molecule has 0 aliphatic carbocycles. The van der Waals surface area contributed by atoms with Crippen molar-refractivity contribution in [1.29, 1.82) is 0 Å². The summed E-state index contributed by atoms with van der Waals surface area (Å²) in [6.07, 6.45) is -15.4. The number of nitrogens with zero attached hydrogens (tertiary/aromatic N) is 3. The van der Waals surface area contributed by atoms with Gasteiger partial charge >= 0.3 is 20.1 Å². The summed E-state index contributed by atoms with van der Waals surface area (Å²) in [4.78, 5) is 13.2.